The summed E-state index contributed by atoms with van der Waals surface area (Å²) in [5.74, 6) is 0.765. The second kappa shape index (κ2) is 7.41. The Bertz CT molecular complexity index is 447. The molecule has 110 valence electrons. The Labute approximate surface area is 119 Å². The zero-order valence-corrected chi connectivity index (χ0v) is 11.7. The number of carbonyl (C=O) groups is 1. The van der Waals surface area contributed by atoms with Crippen molar-refractivity contribution in [2.45, 2.75) is 32.3 Å². The molecule has 4 heteroatoms. The fourth-order valence-corrected chi connectivity index (χ4v) is 2.90. The molecule has 1 saturated carbocycles. The minimum atomic E-state index is -0.0913. The van der Waals surface area contributed by atoms with E-state index in [1.54, 1.807) is 24.3 Å². The SMILES string of the molecule is O=C(NC[C@H]1CCC[C@@H](CO)C1)c1cccc(CO)c1. The quantitative estimate of drug-likeness (QED) is 0.767. The highest BCUT2D eigenvalue weighted by Gasteiger charge is 2.21. The van der Waals surface area contributed by atoms with Crippen LogP contribution < -0.4 is 5.32 Å². The first-order chi connectivity index (χ1) is 9.72. The molecule has 1 aliphatic rings. The molecule has 0 saturated heterocycles. The Morgan fingerprint density at radius 2 is 2.05 bits per heavy atom. The Balaban J connectivity index is 1.85. The van der Waals surface area contributed by atoms with Gasteiger partial charge in [-0.2, -0.15) is 0 Å². The molecular formula is C16H23NO3. The van der Waals surface area contributed by atoms with Gasteiger partial charge in [0, 0.05) is 18.7 Å². The van der Waals surface area contributed by atoms with E-state index in [4.69, 9.17) is 5.11 Å². The average Bonchev–Trinajstić information content (AvgIpc) is 2.52. The molecule has 0 aromatic heterocycles. The van der Waals surface area contributed by atoms with Gasteiger partial charge in [0.05, 0.1) is 6.61 Å². The summed E-state index contributed by atoms with van der Waals surface area (Å²) in [7, 11) is 0. The highest BCUT2D eigenvalue weighted by Crippen LogP contribution is 2.28. The van der Waals surface area contributed by atoms with Gasteiger partial charge in [0.1, 0.15) is 0 Å². The smallest absolute Gasteiger partial charge is 0.251 e. The van der Waals surface area contributed by atoms with Crippen LogP contribution in [-0.4, -0.2) is 29.3 Å². The first-order valence-electron chi connectivity index (χ1n) is 7.31. The van der Waals surface area contributed by atoms with Crippen molar-refractivity contribution >= 4 is 5.91 Å². The summed E-state index contributed by atoms with van der Waals surface area (Å²) in [4.78, 5) is 12.1. The lowest BCUT2D eigenvalue weighted by Gasteiger charge is -2.28. The first kappa shape index (κ1) is 15.0. The minimum absolute atomic E-state index is 0.0536. The molecule has 20 heavy (non-hydrogen) atoms. The molecule has 4 nitrogen and oxygen atoms in total. The molecular weight excluding hydrogens is 254 g/mol. The molecule has 1 aliphatic carbocycles. The minimum Gasteiger partial charge on any atom is -0.396 e. The van der Waals surface area contributed by atoms with E-state index >= 15 is 0 Å². The van der Waals surface area contributed by atoms with Crippen molar-refractivity contribution in [3.8, 4) is 0 Å². The summed E-state index contributed by atoms with van der Waals surface area (Å²) in [6.45, 7) is 0.865. The fourth-order valence-electron chi connectivity index (χ4n) is 2.90. The summed E-state index contributed by atoms with van der Waals surface area (Å²) < 4.78 is 0. The molecule has 1 fully saturated rings. The maximum Gasteiger partial charge on any atom is 0.251 e. The maximum absolute atomic E-state index is 12.1. The molecule has 1 aromatic carbocycles. The molecule has 3 N–H and O–H groups in total. The lowest BCUT2D eigenvalue weighted by atomic mass is 9.82. The molecule has 0 bridgehead atoms. The Morgan fingerprint density at radius 3 is 2.80 bits per heavy atom. The van der Waals surface area contributed by atoms with Gasteiger partial charge in [0.15, 0.2) is 0 Å². The van der Waals surface area contributed by atoms with Gasteiger partial charge < -0.3 is 15.5 Å². The molecule has 0 spiro atoms. The summed E-state index contributed by atoms with van der Waals surface area (Å²) >= 11 is 0. The predicted octanol–water partition coefficient (Wildman–Crippen LogP) is 1.71. The number of aliphatic hydroxyl groups excluding tert-OH is 2. The summed E-state index contributed by atoms with van der Waals surface area (Å²) in [6.07, 6.45) is 4.34. The van der Waals surface area contributed by atoms with E-state index < -0.39 is 0 Å². The topological polar surface area (TPSA) is 69.6 Å². The second-order valence-electron chi connectivity index (χ2n) is 5.65. The summed E-state index contributed by atoms with van der Waals surface area (Å²) in [6, 6.07) is 7.05. The number of benzene rings is 1. The van der Waals surface area contributed by atoms with Crippen molar-refractivity contribution in [1.29, 1.82) is 0 Å². The van der Waals surface area contributed by atoms with Crippen molar-refractivity contribution in [3.63, 3.8) is 0 Å². The zero-order chi connectivity index (χ0) is 14.4. The Hall–Kier alpha value is -1.39. The van der Waals surface area contributed by atoms with E-state index in [9.17, 15) is 9.90 Å². The van der Waals surface area contributed by atoms with Gasteiger partial charge >= 0.3 is 0 Å². The van der Waals surface area contributed by atoms with Crippen LogP contribution in [0.2, 0.25) is 0 Å². The van der Waals surface area contributed by atoms with Gasteiger partial charge in [-0.1, -0.05) is 18.6 Å². The number of hydrogen-bond donors (Lipinski definition) is 3. The van der Waals surface area contributed by atoms with Crippen LogP contribution in [0.3, 0.4) is 0 Å². The van der Waals surface area contributed by atoms with Gasteiger partial charge in [0.25, 0.3) is 5.91 Å². The number of aliphatic hydroxyl groups is 2. The molecule has 0 aliphatic heterocycles. The maximum atomic E-state index is 12.1. The molecule has 1 amide bonds. The van der Waals surface area contributed by atoms with E-state index in [2.05, 4.69) is 5.32 Å². The third-order valence-electron chi connectivity index (χ3n) is 4.07. The molecule has 0 heterocycles. The fraction of sp³-hybridized carbons (Fsp3) is 0.562. The van der Waals surface area contributed by atoms with Crippen molar-refractivity contribution in [2.75, 3.05) is 13.2 Å². The molecule has 2 rings (SSSR count). The molecule has 1 aromatic rings. The third kappa shape index (κ3) is 4.05. The normalized spacial score (nSPS) is 22.5. The van der Waals surface area contributed by atoms with Gasteiger partial charge in [-0.05, 0) is 48.8 Å². The van der Waals surface area contributed by atoms with Gasteiger partial charge in [-0.3, -0.25) is 4.79 Å². The van der Waals surface area contributed by atoms with Crippen LogP contribution in [0.4, 0.5) is 0 Å². The van der Waals surface area contributed by atoms with E-state index in [0.29, 0.717) is 23.9 Å². The van der Waals surface area contributed by atoms with Crippen LogP contribution in [0.25, 0.3) is 0 Å². The summed E-state index contributed by atoms with van der Waals surface area (Å²) in [5.41, 5.74) is 1.33. The molecule has 0 radical (unpaired) electrons. The standard InChI is InChI=1S/C16H23NO3/c18-10-13-4-1-3-12(7-13)9-17-16(20)15-6-2-5-14(8-15)11-19/h2,5-6,8,12-13,18-19H,1,3-4,7,9-11H2,(H,17,20)/t12-,13+/m0/s1. The van der Waals surface area contributed by atoms with Crippen molar-refractivity contribution in [3.05, 3.63) is 35.4 Å². The van der Waals surface area contributed by atoms with Crippen LogP contribution in [0.1, 0.15) is 41.6 Å². The number of nitrogens with one attached hydrogen (secondary N) is 1. The number of rotatable bonds is 5. The lowest BCUT2D eigenvalue weighted by Crippen LogP contribution is -2.32. The lowest BCUT2D eigenvalue weighted by molar-refractivity contribution is 0.0934. The third-order valence-corrected chi connectivity index (χ3v) is 4.07. The van der Waals surface area contributed by atoms with E-state index in [1.165, 1.54) is 0 Å². The Kier molecular flexibility index (Phi) is 5.56. The van der Waals surface area contributed by atoms with Crippen LogP contribution in [-0.2, 0) is 6.61 Å². The monoisotopic (exact) mass is 277 g/mol. The van der Waals surface area contributed by atoms with Crippen LogP contribution in [0, 0.1) is 11.8 Å². The highest BCUT2D eigenvalue weighted by molar-refractivity contribution is 5.94. The number of carbonyl (C=O) groups excluding carboxylic acids is 1. The predicted molar refractivity (Wildman–Crippen MR) is 77.2 cm³/mol. The second-order valence-corrected chi connectivity index (χ2v) is 5.65. The van der Waals surface area contributed by atoms with Gasteiger partial charge in [-0.15, -0.1) is 0 Å². The molecule has 2 atom stereocenters. The van der Waals surface area contributed by atoms with Crippen molar-refractivity contribution < 1.29 is 15.0 Å². The zero-order valence-electron chi connectivity index (χ0n) is 11.7. The average molecular weight is 277 g/mol. The van der Waals surface area contributed by atoms with Crippen molar-refractivity contribution in [1.82, 2.24) is 5.32 Å². The summed E-state index contributed by atoms with van der Waals surface area (Å²) in [5, 5.41) is 21.3. The van der Waals surface area contributed by atoms with Crippen molar-refractivity contribution in [2.24, 2.45) is 11.8 Å². The molecule has 0 unspecified atom stereocenters. The largest absolute Gasteiger partial charge is 0.396 e. The van der Waals surface area contributed by atoms with Gasteiger partial charge in [-0.25, -0.2) is 0 Å². The van der Waals surface area contributed by atoms with E-state index in [0.717, 1.165) is 31.2 Å². The van der Waals surface area contributed by atoms with Crippen LogP contribution >= 0.6 is 0 Å². The number of amides is 1. The van der Waals surface area contributed by atoms with Crippen LogP contribution in [0.15, 0.2) is 24.3 Å². The number of hydrogen-bond acceptors (Lipinski definition) is 3. The highest BCUT2D eigenvalue weighted by atomic mass is 16.3. The van der Waals surface area contributed by atoms with E-state index in [1.807, 2.05) is 0 Å². The van der Waals surface area contributed by atoms with Gasteiger partial charge in [0.2, 0.25) is 0 Å². The Morgan fingerprint density at radius 1 is 1.25 bits per heavy atom. The van der Waals surface area contributed by atoms with E-state index in [-0.39, 0.29) is 19.1 Å². The first-order valence-corrected chi connectivity index (χ1v) is 7.31. The van der Waals surface area contributed by atoms with Crippen LogP contribution in [0.5, 0.6) is 0 Å².